The van der Waals surface area contributed by atoms with Gasteiger partial charge in [-0.15, -0.1) is 0 Å². The van der Waals surface area contributed by atoms with E-state index in [1.54, 1.807) is 6.07 Å². The van der Waals surface area contributed by atoms with Crippen molar-refractivity contribution in [3.63, 3.8) is 0 Å². The summed E-state index contributed by atoms with van der Waals surface area (Å²) in [5, 5.41) is 1.94. The number of halogens is 5. The molecule has 122 valence electrons. The minimum atomic E-state index is -6.01. The molecule has 0 fully saturated rings. The Morgan fingerprint density at radius 3 is 1.91 bits per heavy atom. The van der Waals surface area contributed by atoms with E-state index < -0.39 is 35.7 Å². The lowest BCUT2D eigenvalue weighted by Gasteiger charge is -2.26. The molecule has 0 radical (unpaired) electrons. The molecule has 1 N–H and O–H groups in total. The van der Waals surface area contributed by atoms with E-state index in [4.69, 9.17) is 0 Å². The summed E-state index contributed by atoms with van der Waals surface area (Å²) in [5.74, 6) is -9.73. The van der Waals surface area contributed by atoms with Crippen LogP contribution in [0.5, 0.6) is 0 Å². The fourth-order valence-corrected chi connectivity index (χ4v) is 1.68. The Kier molecular flexibility index (Phi) is 5.26. The van der Waals surface area contributed by atoms with Gasteiger partial charge in [-0.3, -0.25) is 9.59 Å². The third-order valence-electron chi connectivity index (χ3n) is 2.94. The van der Waals surface area contributed by atoms with Crippen LogP contribution in [0.15, 0.2) is 30.3 Å². The van der Waals surface area contributed by atoms with Crippen LogP contribution in [0.2, 0.25) is 0 Å². The zero-order valence-electron chi connectivity index (χ0n) is 11.7. The van der Waals surface area contributed by atoms with E-state index in [2.05, 4.69) is 0 Å². The number of ketones is 1. The maximum absolute atomic E-state index is 13.2. The summed E-state index contributed by atoms with van der Waals surface area (Å²) in [6.07, 6.45) is -6.01. The Morgan fingerprint density at radius 2 is 1.50 bits per heavy atom. The fourth-order valence-electron chi connectivity index (χ4n) is 1.68. The van der Waals surface area contributed by atoms with E-state index in [1.165, 1.54) is 38.1 Å². The van der Waals surface area contributed by atoms with Crippen molar-refractivity contribution in [2.75, 3.05) is 0 Å². The summed E-state index contributed by atoms with van der Waals surface area (Å²) in [6.45, 7) is 2.53. The van der Waals surface area contributed by atoms with E-state index in [9.17, 15) is 31.5 Å². The Balaban J connectivity index is 3.01. The highest BCUT2D eigenvalue weighted by molar-refractivity contribution is 6.00. The number of Topliss-reactive ketones (excluding diaryl/α,β-unsaturated/α-hetero) is 1. The molecule has 1 rings (SSSR count). The normalized spacial score (nSPS) is 13.8. The third kappa shape index (κ3) is 3.80. The van der Waals surface area contributed by atoms with Crippen LogP contribution in [0.4, 0.5) is 22.0 Å². The first-order valence-corrected chi connectivity index (χ1v) is 6.33. The van der Waals surface area contributed by atoms with Crippen LogP contribution in [0.3, 0.4) is 0 Å². The van der Waals surface area contributed by atoms with Crippen molar-refractivity contribution in [1.29, 1.82) is 0 Å². The first kappa shape index (κ1) is 18.1. The molecule has 0 aromatic heterocycles. The molecule has 0 aliphatic heterocycles. The predicted molar refractivity (Wildman–Crippen MR) is 68.5 cm³/mol. The molecule has 3 nitrogen and oxygen atoms in total. The number of rotatable bonds is 5. The number of carbonyl (C=O) groups excluding carboxylic acids is 2. The van der Waals surface area contributed by atoms with Gasteiger partial charge in [0, 0.05) is 5.56 Å². The maximum atomic E-state index is 13.2. The number of hydrogen-bond acceptors (Lipinski definition) is 2. The summed E-state index contributed by atoms with van der Waals surface area (Å²) in [6, 6.07) is 5.32. The van der Waals surface area contributed by atoms with E-state index >= 15 is 0 Å². The average Bonchev–Trinajstić information content (AvgIpc) is 2.43. The topological polar surface area (TPSA) is 46.2 Å². The van der Waals surface area contributed by atoms with Crippen LogP contribution in [-0.2, 0) is 4.79 Å². The summed E-state index contributed by atoms with van der Waals surface area (Å²) in [7, 11) is 0. The molecular formula is C14H14F5NO2. The predicted octanol–water partition coefficient (Wildman–Crippen LogP) is 3.21. The van der Waals surface area contributed by atoms with Crippen molar-refractivity contribution in [1.82, 2.24) is 5.32 Å². The van der Waals surface area contributed by atoms with Gasteiger partial charge in [0.25, 0.3) is 5.91 Å². The van der Waals surface area contributed by atoms with Crippen LogP contribution in [0.25, 0.3) is 0 Å². The fraction of sp³-hybridized carbons (Fsp3) is 0.429. The molecule has 8 heteroatoms. The quantitative estimate of drug-likeness (QED) is 0.846. The van der Waals surface area contributed by atoms with Crippen molar-refractivity contribution in [2.45, 2.75) is 32.0 Å². The van der Waals surface area contributed by atoms with Gasteiger partial charge in [0.2, 0.25) is 5.78 Å². The standard InChI is InChI=1S/C14H14F5NO2/c1-8(2)10(11(21)13(15,16)14(17,18)19)20-12(22)9-6-4-3-5-7-9/h3-8,10H,1-2H3,(H,20,22)/t10-/m1/s1. The third-order valence-corrected chi connectivity index (χ3v) is 2.94. The van der Waals surface area contributed by atoms with Gasteiger partial charge in [-0.1, -0.05) is 32.0 Å². The second-order valence-corrected chi connectivity index (χ2v) is 5.00. The van der Waals surface area contributed by atoms with Gasteiger partial charge in [-0.05, 0) is 18.1 Å². The molecule has 0 unspecified atom stereocenters. The highest BCUT2D eigenvalue weighted by Crippen LogP contribution is 2.37. The van der Waals surface area contributed by atoms with Crippen molar-refractivity contribution in [3.8, 4) is 0 Å². The molecule has 0 saturated carbocycles. The smallest absolute Gasteiger partial charge is 0.342 e. The largest absolute Gasteiger partial charge is 0.461 e. The number of hydrogen-bond donors (Lipinski definition) is 1. The summed E-state index contributed by atoms with van der Waals surface area (Å²) in [4.78, 5) is 23.4. The lowest BCUT2D eigenvalue weighted by Crippen LogP contribution is -2.56. The Morgan fingerprint density at radius 1 is 1.00 bits per heavy atom. The Labute approximate surface area is 123 Å². The van der Waals surface area contributed by atoms with Gasteiger partial charge in [-0.25, -0.2) is 0 Å². The molecule has 0 saturated heterocycles. The van der Waals surface area contributed by atoms with Gasteiger partial charge < -0.3 is 5.32 Å². The second kappa shape index (κ2) is 6.41. The number of benzene rings is 1. The average molecular weight is 323 g/mol. The first-order chi connectivity index (χ1) is 9.98. The Hall–Kier alpha value is -1.99. The zero-order valence-corrected chi connectivity index (χ0v) is 11.7. The zero-order chi connectivity index (χ0) is 17.1. The number of carbonyl (C=O) groups is 2. The van der Waals surface area contributed by atoms with Crippen LogP contribution >= 0.6 is 0 Å². The van der Waals surface area contributed by atoms with Crippen molar-refractivity contribution >= 4 is 11.7 Å². The van der Waals surface area contributed by atoms with Crippen LogP contribution < -0.4 is 5.32 Å². The van der Waals surface area contributed by atoms with Crippen molar-refractivity contribution < 1.29 is 31.5 Å². The summed E-state index contributed by atoms with van der Waals surface area (Å²) < 4.78 is 63.2. The molecule has 22 heavy (non-hydrogen) atoms. The second-order valence-electron chi connectivity index (χ2n) is 5.00. The molecule has 0 heterocycles. The van der Waals surface area contributed by atoms with Gasteiger partial charge in [0.15, 0.2) is 0 Å². The number of alkyl halides is 5. The van der Waals surface area contributed by atoms with Gasteiger partial charge in [-0.2, -0.15) is 22.0 Å². The molecule has 1 aromatic carbocycles. The maximum Gasteiger partial charge on any atom is 0.461 e. The highest BCUT2D eigenvalue weighted by Gasteiger charge is 2.64. The molecule has 0 bridgehead atoms. The molecule has 1 amide bonds. The minimum absolute atomic E-state index is 0.0521. The van der Waals surface area contributed by atoms with Crippen LogP contribution in [0, 0.1) is 5.92 Å². The molecule has 1 aromatic rings. The monoisotopic (exact) mass is 323 g/mol. The SMILES string of the molecule is CC(C)[C@@H](NC(=O)c1ccccc1)C(=O)C(F)(F)C(F)(F)F. The molecule has 0 aliphatic rings. The molecule has 0 spiro atoms. The molecular weight excluding hydrogens is 309 g/mol. The molecule has 1 atom stereocenters. The lowest BCUT2D eigenvalue weighted by atomic mass is 9.95. The lowest BCUT2D eigenvalue weighted by molar-refractivity contribution is -0.269. The Bertz CT molecular complexity index is 540. The number of amides is 1. The van der Waals surface area contributed by atoms with Crippen LogP contribution in [0.1, 0.15) is 24.2 Å². The van der Waals surface area contributed by atoms with Gasteiger partial charge in [0.05, 0.1) is 6.04 Å². The van der Waals surface area contributed by atoms with Crippen molar-refractivity contribution in [2.24, 2.45) is 5.92 Å². The van der Waals surface area contributed by atoms with Gasteiger partial charge >= 0.3 is 12.1 Å². The minimum Gasteiger partial charge on any atom is -0.342 e. The number of nitrogens with one attached hydrogen (secondary N) is 1. The van der Waals surface area contributed by atoms with E-state index in [-0.39, 0.29) is 5.56 Å². The summed E-state index contributed by atoms with van der Waals surface area (Å²) in [5.41, 5.74) is 0.0521. The highest BCUT2D eigenvalue weighted by atomic mass is 19.4. The van der Waals surface area contributed by atoms with Gasteiger partial charge in [0.1, 0.15) is 0 Å². The van der Waals surface area contributed by atoms with E-state index in [0.29, 0.717) is 0 Å². The first-order valence-electron chi connectivity index (χ1n) is 6.33. The van der Waals surface area contributed by atoms with Crippen molar-refractivity contribution in [3.05, 3.63) is 35.9 Å². The van der Waals surface area contributed by atoms with Crippen LogP contribution in [-0.4, -0.2) is 29.8 Å². The van der Waals surface area contributed by atoms with E-state index in [0.717, 1.165) is 0 Å². The van der Waals surface area contributed by atoms with E-state index in [1.807, 2.05) is 5.32 Å². The summed E-state index contributed by atoms with van der Waals surface area (Å²) >= 11 is 0. The molecule has 0 aliphatic carbocycles.